The molecule has 2 aromatic rings. The van der Waals surface area contributed by atoms with E-state index in [2.05, 4.69) is 4.90 Å². The van der Waals surface area contributed by atoms with E-state index in [0.717, 1.165) is 11.3 Å². The maximum atomic E-state index is 13.2. The molecule has 0 spiro atoms. The van der Waals surface area contributed by atoms with Gasteiger partial charge in [0.2, 0.25) is 6.79 Å². The van der Waals surface area contributed by atoms with Crippen molar-refractivity contribution in [3.05, 3.63) is 62.5 Å². The summed E-state index contributed by atoms with van der Waals surface area (Å²) in [6.45, 7) is 2.97. The van der Waals surface area contributed by atoms with E-state index >= 15 is 0 Å². The highest BCUT2D eigenvalue weighted by Gasteiger charge is 2.33. The SMILES string of the molecule is O=C1/C(=C\c2cc([N+](=O)[O-])ccc2N2CCOCC2)SC(=S)N1Cc1ccc2c(c1)OCO2. The number of anilines is 1. The summed E-state index contributed by atoms with van der Waals surface area (Å²) in [6.07, 6.45) is 1.69. The number of hydrogen-bond donors (Lipinski definition) is 0. The molecule has 3 aliphatic rings. The first-order valence-electron chi connectivity index (χ1n) is 10.2. The van der Waals surface area contributed by atoms with E-state index in [1.54, 1.807) is 12.1 Å². The van der Waals surface area contributed by atoms with Crippen LogP contribution in [-0.2, 0) is 16.1 Å². The molecule has 0 atom stereocenters. The monoisotopic (exact) mass is 485 g/mol. The molecule has 0 unspecified atom stereocenters. The number of non-ortho nitro benzene ring substituents is 1. The summed E-state index contributed by atoms with van der Waals surface area (Å²) >= 11 is 6.66. The van der Waals surface area contributed by atoms with Crippen LogP contribution >= 0.6 is 24.0 Å². The van der Waals surface area contributed by atoms with Crippen LogP contribution in [0.2, 0.25) is 0 Å². The van der Waals surface area contributed by atoms with E-state index in [9.17, 15) is 14.9 Å². The second-order valence-electron chi connectivity index (χ2n) is 7.56. The first-order chi connectivity index (χ1) is 16.0. The van der Waals surface area contributed by atoms with Gasteiger partial charge in [0.1, 0.15) is 4.32 Å². The number of rotatable bonds is 5. The van der Waals surface area contributed by atoms with Crippen molar-refractivity contribution >= 4 is 51.7 Å². The van der Waals surface area contributed by atoms with E-state index in [-0.39, 0.29) is 18.4 Å². The molecule has 9 nitrogen and oxygen atoms in total. The van der Waals surface area contributed by atoms with E-state index < -0.39 is 4.92 Å². The minimum absolute atomic E-state index is 0.0332. The van der Waals surface area contributed by atoms with Crippen LogP contribution in [0.15, 0.2) is 41.3 Å². The number of hydrogen-bond acceptors (Lipinski definition) is 9. The number of thioether (sulfide) groups is 1. The van der Waals surface area contributed by atoms with Gasteiger partial charge in [-0.1, -0.05) is 30.0 Å². The van der Waals surface area contributed by atoms with E-state index in [1.807, 2.05) is 18.2 Å². The number of nitrogens with zero attached hydrogens (tertiary/aromatic N) is 3. The lowest BCUT2D eigenvalue weighted by atomic mass is 10.1. The van der Waals surface area contributed by atoms with Crippen LogP contribution < -0.4 is 14.4 Å². The van der Waals surface area contributed by atoms with Gasteiger partial charge in [-0.25, -0.2) is 0 Å². The molecular formula is C22H19N3O6S2. The number of thiocarbonyl (C=S) groups is 1. The third-order valence-electron chi connectivity index (χ3n) is 5.51. The highest BCUT2D eigenvalue weighted by atomic mass is 32.2. The molecule has 0 bridgehead atoms. The van der Waals surface area contributed by atoms with Gasteiger partial charge in [-0.05, 0) is 29.8 Å². The van der Waals surface area contributed by atoms with Gasteiger partial charge in [0, 0.05) is 36.5 Å². The van der Waals surface area contributed by atoms with Gasteiger partial charge >= 0.3 is 0 Å². The number of carbonyl (C=O) groups is 1. The molecule has 0 aromatic heterocycles. The Bertz CT molecular complexity index is 1180. The molecule has 1 amide bonds. The minimum Gasteiger partial charge on any atom is -0.454 e. The lowest BCUT2D eigenvalue weighted by Crippen LogP contribution is -2.36. The van der Waals surface area contributed by atoms with Crippen molar-refractivity contribution in [2.24, 2.45) is 0 Å². The first-order valence-corrected chi connectivity index (χ1v) is 11.5. The topological polar surface area (TPSA) is 94.4 Å². The minimum atomic E-state index is -0.439. The molecule has 3 aliphatic heterocycles. The predicted molar refractivity (Wildman–Crippen MR) is 127 cm³/mol. The summed E-state index contributed by atoms with van der Waals surface area (Å²) in [7, 11) is 0. The van der Waals surface area contributed by atoms with Gasteiger partial charge in [-0.3, -0.25) is 19.8 Å². The number of amides is 1. The van der Waals surface area contributed by atoms with Crippen LogP contribution in [0.4, 0.5) is 11.4 Å². The third-order valence-corrected chi connectivity index (χ3v) is 6.89. The molecule has 0 saturated carbocycles. The lowest BCUT2D eigenvalue weighted by molar-refractivity contribution is -0.384. The van der Waals surface area contributed by atoms with Crippen LogP contribution in [0.3, 0.4) is 0 Å². The molecular weight excluding hydrogens is 466 g/mol. The van der Waals surface area contributed by atoms with Crippen molar-refractivity contribution in [2.75, 3.05) is 38.0 Å². The standard InChI is InChI=1S/C22H19N3O6S2/c26-21-20(33-22(32)24(21)12-14-1-4-18-19(9-14)31-13-30-18)11-15-10-16(25(27)28)2-3-17(15)23-5-7-29-8-6-23/h1-4,9-11H,5-8,12-13H2/b20-11+. The third kappa shape index (κ3) is 4.39. The average Bonchev–Trinajstić information content (AvgIpc) is 3.39. The Morgan fingerprint density at radius 2 is 1.91 bits per heavy atom. The largest absolute Gasteiger partial charge is 0.454 e. The maximum Gasteiger partial charge on any atom is 0.270 e. The lowest BCUT2D eigenvalue weighted by Gasteiger charge is -2.30. The number of morpholine rings is 1. The van der Waals surface area contributed by atoms with Gasteiger partial charge in [0.25, 0.3) is 11.6 Å². The quantitative estimate of drug-likeness (QED) is 0.273. The predicted octanol–water partition coefficient (Wildman–Crippen LogP) is 3.56. The Hall–Kier alpha value is -3.15. The van der Waals surface area contributed by atoms with E-state index in [0.29, 0.717) is 59.1 Å². The van der Waals surface area contributed by atoms with Gasteiger partial charge < -0.3 is 19.1 Å². The van der Waals surface area contributed by atoms with Gasteiger partial charge in [0.15, 0.2) is 11.5 Å². The van der Waals surface area contributed by atoms with Gasteiger partial charge in [-0.15, -0.1) is 0 Å². The summed E-state index contributed by atoms with van der Waals surface area (Å²) in [5, 5.41) is 11.4. The molecule has 3 heterocycles. The van der Waals surface area contributed by atoms with Crippen molar-refractivity contribution in [1.82, 2.24) is 4.90 Å². The summed E-state index contributed by atoms with van der Waals surface area (Å²) in [4.78, 5) is 28.2. The summed E-state index contributed by atoms with van der Waals surface area (Å²) in [5.74, 6) is 1.08. The maximum absolute atomic E-state index is 13.2. The Kier molecular flexibility index (Phi) is 5.92. The fourth-order valence-electron chi connectivity index (χ4n) is 3.86. The molecule has 2 fully saturated rings. The number of nitro benzene ring substituents is 1. The first kappa shape index (κ1) is 21.7. The number of ether oxygens (including phenoxy) is 3. The van der Waals surface area contributed by atoms with Crippen molar-refractivity contribution < 1.29 is 23.9 Å². The number of fused-ring (bicyclic) bond motifs is 1. The average molecular weight is 486 g/mol. The van der Waals surface area contributed by atoms with Crippen LogP contribution in [0.25, 0.3) is 6.08 Å². The van der Waals surface area contributed by atoms with Crippen LogP contribution in [0.1, 0.15) is 11.1 Å². The highest BCUT2D eigenvalue weighted by molar-refractivity contribution is 8.26. The van der Waals surface area contributed by atoms with E-state index in [4.69, 9.17) is 26.4 Å². The molecule has 0 N–H and O–H groups in total. The summed E-state index contributed by atoms with van der Waals surface area (Å²) < 4.78 is 16.6. The fraction of sp³-hybridized carbons (Fsp3) is 0.273. The van der Waals surface area contributed by atoms with Crippen molar-refractivity contribution in [3.63, 3.8) is 0 Å². The molecule has 0 radical (unpaired) electrons. The van der Waals surface area contributed by atoms with Crippen molar-refractivity contribution in [3.8, 4) is 11.5 Å². The Morgan fingerprint density at radius 1 is 1.12 bits per heavy atom. The van der Waals surface area contributed by atoms with Crippen LogP contribution in [-0.4, -0.2) is 53.1 Å². The highest BCUT2D eigenvalue weighted by Crippen LogP contribution is 2.38. The normalized spacial score (nSPS) is 19.0. The molecule has 33 heavy (non-hydrogen) atoms. The number of benzene rings is 2. The smallest absolute Gasteiger partial charge is 0.270 e. The van der Waals surface area contributed by atoms with Crippen LogP contribution in [0, 0.1) is 10.1 Å². The Labute approximate surface area is 199 Å². The second kappa shape index (κ2) is 9.00. The zero-order valence-electron chi connectivity index (χ0n) is 17.4. The molecule has 2 saturated heterocycles. The fourth-order valence-corrected chi connectivity index (χ4v) is 5.11. The molecule has 170 valence electrons. The zero-order chi connectivity index (χ0) is 22.9. The van der Waals surface area contributed by atoms with Crippen LogP contribution in [0.5, 0.6) is 11.5 Å². The summed E-state index contributed by atoms with van der Waals surface area (Å²) in [5.41, 5.74) is 2.26. The van der Waals surface area contributed by atoms with Gasteiger partial charge in [0.05, 0.1) is 29.6 Å². The number of nitro groups is 1. The Balaban J connectivity index is 1.43. The zero-order valence-corrected chi connectivity index (χ0v) is 19.0. The van der Waals surface area contributed by atoms with Crippen molar-refractivity contribution in [2.45, 2.75) is 6.54 Å². The van der Waals surface area contributed by atoms with Gasteiger partial charge in [-0.2, -0.15) is 0 Å². The summed E-state index contributed by atoms with van der Waals surface area (Å²) in [6, 6.07) is 10.2. The number of carbonyl (C=O) groups excluding carboxylic acids is 1. The molecule has 5 rings (SSSR count). The van der Waals surface area contributed by atoms with Crippen molar-refractivity contribution in [1.29, 1.82) is 0 Å². The Morgan fingerprint density at radius 3 is 2.70 bits per heavy atom. The molecule has 2 aromatic carbocycles. The molecule has 0 aliphatic carbocycles. The second-order valence-corrected chi connectivity index (χ2v) is 9.23. The molecule has 11 heteroatoms. The van der Waals surface area contributed by atoms with E-state index in [1.165, 1.54) is 28.8 Å².